The Morgan fingerprint density at radius 1 is 1.28 bits per heavy atom. The third-order valence-electron chi connectivity index (χ3n) is 7.55. The number of ether oxygens (including phenoxy) is 1. The topological polar surface area (TPSA) is 88.9 Å². The largest absolute Gasteiger partial charge is 0.444 e. The molecule has 3 fully saturated rings. The van der Waals surface area contributed by atoms with Crippen molar-refractivity contribution in [2.75, 3.05) is 31.6 Å². The van der Waals surface area contributed by atoms with Crippen molar-refractivity contribution in [3.63, 3.8) is 0 Å². The fourth-order valence-corrected chi connectivity index (χ4v) is 5.91. The van der Waals surface area contributed by atoms with Gasteiger partial charge in [0.2, 0.25) is 5.91 Å². The van der Waals surface area contributed by atoms with Crippen molar-refractivity contribution in [3.8, 4) is 6.07 Å². The van der Waals surface area contributed by atoms with Gasteiger partial charge in [-0.1, -0.05) is 6.07 Å². The Labute approximate surface area is 213 Å². The average molecular weight is 500 g/mol. The number of nitrogens with zero attached hydrogens (tertiary/aromatic N) is 4. The van der Waals surface area contributed by atoms with E-state index in [9.17, 15) is 14.9 Å². The maximum absolute atomic E-state index is 15.1. The summed E-state index contributed by atoms with van der Waals surface area (Å²) in [7, 11) is 2.08. The number of halogens is 1. The molecular formula is C27H38FN5O3. The lowest BCUT2D eigenvalue weighted by Gasteiger charge is -2.40. The molecular weight excluding hydrogens is 461 g/mol. The number of nitriles is 1. The molecule has 0 aromatic heterocycles. The van der Waals surface area contributed by atoms with Gasteiger partial charge in [0.25, 0.3) is 0 Å². The number of carbonyl (C=O) groups excluding carboxylic acids is 2. The summed E-state index contributed by atoms with van der Waals surface area (Å²) in [5.74, 6) is -0.713. The molecule has 2 aliphatic heterocycles. The quantitative estimate of drug-likeness (QED) is 0.669. The molecule has 4 rings (SSSR count). The lowest BCUT2D eigenvalue weighted by molar-refractivity contribution is -0.128. The van der Waals surface area contributed by atoms with Crippen molar-refractivity contribution < 1.29 is 18.7 Å². The van der Waals surface area contributed by atoms with Gasteiger partial charge in [0, 0.05) is 43.8 Å². The Hall–Kier alpha value is -2.86. The second-order valence-corrected chi connectivity index (χ2v) is 11.5. The van der Waals surface area contributed by atoms with Gasteiger partial charge >= 0.3 is 6.09 Å². The summed E-state index contributed by atoms with van der Waals surface area (Å²) in [6.45, 7) is 10.2. The van der Waals surface area contributed by atoms with Crippen LogP contribution in [0.2, 0.25) is 0 Å². The fourth-order valence-electron chi connectivity index (χ4n) is 5.91. The first-order valence-corrected chi connectivity index (χ1v) is 12.9. The summed E-state index contributed by atoms with van der Waals surface area (Å²) < 4.78 is 20.6. The molecule has 0 spiro atoms. The van der Waals surface area contributed by atoms with E-state index in [2.05, 4.69) is 35.2 Å². The number of likely N-dealkylation sites (tertiary alicyclic amines) is 1. The van der Waals surface area contributed by atoms with Gasteiger partial charge in [0.05, 0.1) is 6.07 Å². The van der Waals surface area contributed by atoms with E-state index in [1.807, 2.05) is 6.07 Å². The number of piperidine rings is 1. The van der Waals surface area contributed by atoms with Crippen molar-refractivity contribution in [1.29, 1.82) is 5.26 Å². The van der Waals surface area contributed by atoms with Gasteiger partial charge in [-0.3, -0.25) is 9.69 Å². The first-order chi connectivity index (χ1) is 17.0. The molecule has 1 aromatic rings. The van der Waals surface area contributed by atoms with Crippen LogP contribution in [0.5, 0.6) is 0 Å². The predicted molar refractivity (Wildman–Crippen MR) is 135 cm³/mol. The van der Waals surface area contributed by atoms with Crippen LogP contribution in [0, 0.1) is 23.1 Å². The number of piperazine rings is 1. The van der Waals surface area contributed by atoms with Crippen LogP contribution in [0.3, 0.4) is 0 Å². The molecule has 1 N–H and O–H groups in total. The summed E-state index contributed by atoms with van der Waals surface area (Å²) in [5.41, 5.74) is 0.537. The molecule has 2 saturated heterocycles. The van der Waals surface area contributed by atoms with Crippen molar-refractivity contribution in [2.24, 2.45) is 5.92 Å². The molecule has 2 amide bonds. The second kappa shape index (κ2) is 10.3. The van der Waals surface area contributed by atoms with Gasteiger partial charge in [0.15, 0.2) is 0 Å². The highest BCUT2D eigenvalue weighted by Crippen LogP contribution is 2.43. The molecule has 1 saturated carbocycles. The van der Waals surface area contributed by atoms with Gasteiger partial charge in [-0.15, -0.1) is 0 Å². The number of anilines is 1. The van der Waals surface area contributed by atoms with Gasteiger partial charge in [-0.25, -0.2) is 9.18 Å². The van der Waals surface area contributed by atoms with Crippen molar-refractivity contribution in [3.05, 3.63) is 29.6 Å². The molecule has 2 heterocycles. The molecule has 9 heteroatoms. The minimum atomic E-state index is -0.903. The standard InChI is InChI=1S/C27H38FN5O3/c1-17-16-31(5)10-11-32(17)21-8-6-18(23(28)14-21)12-20(15-29)30-25(34)24-19-7-9-22(13-19)33(24)26(35)36-27(2,3)4/h6,8,14,17,19-20,22,24H,7,9-13,16H2,1-5H3,(H,30,34)/t17-,19-,20-,22+,24-/m0/s1. The number of fused-ring (bicyclic) bond motifs is 2. The van der Waals surface area contributed by atoms with Crippen LogP contribution in [-0.2, 0) is 16.0 Å². The molecule has 36 heavy (non-hydrogen) atoms. The van der Waals surface area contributed by atoms with Gasteiger partial charge in [-0.2, -0.15) is 5.26 Å². The van der Waals surface area contributed by atoms with E-state index in [4.69, 9.17) is 4.74 Å². The molecule has 0 radical (unpaired) electrons. The summed E-state index contributed by atoms with van der Waals surface area (Å²) >= 11 is 0. The van der Waals surface area contributed by atoms with Crippen LogP contribution in [-0.4, -0.2) is 78.3 Å². The average Bonchev–Trinajstić information content (AvgIpc) is 3.40. The highest BCUT2D eigenvalue weighted by Gasteiger charge is 2.52. The number of likely N-dealkylation sites (N-methyl/N-ethyl adjacent to an activating group) is 1. The normalized spacial score (nSPS) is 27.0. The zero-order valence-corrected chi connectivity index (χ0v) is 22.0. The van der Waals surface area contributed by atoms with Crippen LogP contribution < -0.4 is 10.2 Å². The molecule has 8 nitrogen and oxygen atoms in total. The predicted octanol–water partition coefficient (Wildman–Crippen LogP) is 3.30. The number of amides is 2. The molecule has 3 aliphatic rings. The lowest BCUT2D eigenvalue weighted by atomic mass is 9.97. The Morgan fingerprint density at radius 3 is 2.67 bits per heavy atom. The molecule has 196 valence electrons. The minimum Gasteiger partial charge on any atom is -0.444 e. The second-order valence-electron chi connectivity index (χ2n) is 11.5. The number of carbonyl (C=O) groups is 2. The summed E-state index contributed by atoms with van der Waals surface area (Å²) in [4.78, 5) is 32.1. The Kier molecular flexibility index (Phi) is 7.46. The van der Waals surface area contributed by atoms with Crippen molar-refractivity contribution in [2.45, 2.75) is 83.1 Å². The third-order valence-corrected chi connectivity index (χ3v) is 7.55. The van der Waals surface area contributed by atoms with Crippen LogP contribution >= 0.6 is 0 Å². The monoisotopic (exact) mass is 499 g/mol. The highest BCUT2D eigenvalue weighted by atomic mass is 19.1. The van der Waals surface area contributed by atoms with Crippen molar-refractivity contribution >= 4 is 17.7 Å². The third kappa shape index (κ3) is 5.59. The Bertz CT molecular complexity index is 1040. The Morgan fingerprint density at radius 2 is 2.03 bits per heavy atom. The van der Waals surface area contributed by atoms with Gasteiger partial charge in [0.1, 0.15) is 23.5 Å². The molecule has 5 atom stereocenters. The molecule has 2 bridgehead atoms. The maximum Gasteiger partial charge on any atom is 0.411 e. The number of hydrogen-bond donors (Lipinski definition) is 1. The first kappa shape index (κ1) is 26.2. The summed E-state index contributed by atoms with van der Waals surface area (Å²) in [6, 6.07) is 5.89. The lowest BCUT2D eigenvalue weighted by Crippen LogP contribution is -2.55. The van der Waals surface area contributed by atoms with Crippen molar-refractivity contribution in [1.82, 2.24) is 15.1 Å². The van der Waals surface area contributed by atoms with Gasteiger partial charge < -0.3 is 19.9 Å². The van der Waals surface area contributed by atoms with Crippen LogP contribution in [0.25, 0.3) is 0 Å². The zero-order chi connectivity index (χ0) is 26.2. The van der Waals surface area contributed by atoms with E-state index < -0.39 is 23.8 Å². The highest BCUT2D eigenvalue weighted by molar-refractivity contribution is 5.87. The molecule has 1 aromatic carbocycles. The molecule has 1 aliphatic carbocycles. The number of hydrogen-bond acceptors (Lipinski definition) is 6. The number of nitrogens with one attached hydrogen (secondary N) is 1. The Balaban J connectivity index is 1.42. The van der Waals surface area contributed by atoms with Crippen LogP contribution in [0.1, 0.15) is 52.5 Å². The molecule has 0 unspecified atom stereocenters. The SMILES string of the molecule is C[C@H]1CN(C)CCN1c1ccc(C[C@@H](C#N)NC(=O)[C@@H]2[C@H]3CC[C@H](C3)N2C(=O)OC(C)(C)C)c(F)c1. The maximum atomic E-state index is 15.1. The van der Waals surface area contributed by atoms with E-state index in [0.29, 0.717) is 5.56 Å². The van der Waals surface area contributed by atoms with E-state index >= 15 is 4.39 Å². The fraction of sp³-hybridized carbons (Fsp3) is 0.667. The van der Waals surface area contributed by atoms with E-state index in [1.54, 1.807) is 31.7 Å². The summed E-state index contributed by atoms with van der Waals surface area (Å²) in [6.07, 6.45) is 2.02. The number of rotatable bonds is 5. The van der Waals surface area contributed by atoms with E-state index in [0.717, 1.165) is 44.6 Å². The smallest absolute Gasteiger partial charge is 0.411 e. The minimum absolute atomic E-state index is 0.0249. The van der Waals surface area contributed by atoms with Crippen LogP contribution in [0.15, 0.2) is 18.2 Å². The van der Waals surface area contributed by atoms with Crippen LogP contribution in [0.4, 0.5) is 14.9 Å². The van der Waals surface area contributed by atoms with E-state index in [-0.39, 0.29) is 36.1 Å². The number of benzene rings is 1. The van der Waals surface area contributed by atoms with E-state index in [1.165, 1.54) is 6.07 Å². The first-order valence-electron chi connectivity index (χ1n) is 12.9. The van der Waals surface area contributed by atoms with Gasteiger partial charge in [-0.05, 0) is 77.6 Å². The summed E-state index contributed by atoms with van der Waals surface area (Å²) in [5, 5.41) is 12.5. The zero-order valence-electron chi connectivity index (χ0n) is 22.0.